The highest BCUT2D eigenvalue weighted by atomic mass is 32.1. The van der Waals surface area contributed by atoms with Gasteiger partial charge in [-0.25, -0.2) is 27.3 Å². The summed E-state index contributed by atoms with van der Waals surface area (Å²) in [5, 5.41) is 4.57. The number of halogens is 4. The molecule has 0 aliphatic rings. The number of fused-ring (bicyclic) bond motifs is 1. The van der Waals surface area contributed by atoms with Crippen molar-refractivity contribution in [3.8, 4) is 0 Å². The Morgan fingerprint density at radius 1 is 1.06 bits per heavy atom. The Morgan fingerprint density at radius 2 is 1.73 bits per heavy atom. The third-order valence-corrected chi connectivity index (χ3v) is 5.34. The molecule has 1 heterocycles. The van der Waals surface area contributed by atoms with Crippen molar-refractivity contribution in [2.24, 2.45) is 5.92 Å². The molecule has 0 saturated carbocycles. The number of nitrogens with zero attached hydrogens (tertiary/aromatic N) is 1. The summed E-state index contributed by atoms with van der Waals surface area (Å²) in [6, 6.07) is 4.34. The van der Waals surface area contributed by atoms with E-state index in [1.807, 2.05) is 0 Å². The van der Waals surface area contributed by atoms with Crippen molar-refractivity contribution in [3.63, 3.8) is 0 Å². The number of thiazole rings is 1. The molecule has 7 nitrogen and oxygen atoms in total. The molecule has 2 amide bonds. The predicted molar refractivity (Wildman–Crippen MR) is 112 cm³/mol. The maximum atomic E-state index is 13.8. The first-order chi connectivity index (χ1) is 15.6. The second-order valence-corrected chi connectivity index (χ2v) is 8.24. The van der Waals surface area contributed by atoms with Gasteiger partial charge >= 0.3 is 5.97 Å². The van der Waals surface area contributed by atoms with E-state index < -0.39 is 65.1 Å². The molecule has 2 aromatic carbocycles. The summed E-state index contributed by atoms with van der Waals surface area (Å²) in [6.07, 6.45) is 0. The molecule has 33 heavy (non-hydrogen) atoms. The second-order valence-electron chi connectivity index (χ2n) is 7.21. The van der Waals surface area contributed by atoms with Crippen LogP contribution in [-0.4, -0.2) is 35.4 Å². The van der Waals surface area contributed by atoms with E-state index in [0.29, 0.717) is 11.3 Å². The molecule has 0 saturated heterocycles. The molecular weight excluding hydrogens is 466 g/mol. The number of hydrogen-bond donors (Lipinski definition) is 2. The van der Waals surface area contributed by atoms with E-state index in [-0.39, 0.29) is 15.4 Å². The van der Waals surface area contributed by atoms with Crippen molar-refractivity contribution in [1.29, 1.82) is 0 Å². The fourth-order valence-electron chi connectivity index (χ4n) is 2.73. The maximum absolute atomic E-state index is 13.8. The summed E-state index contributed by atoms with van der Waals surface area (Å²) in [6.45, 7) is 2.53. The van der Waals surface area contributed by atoms with Crippen molar-refractivity contribution in [3.05, 3.63) is 59.2 Å². The molecule has 12 heteroatoms. The monoisotopic (exact) mass is 483 g/mol. The Labute approximate surface area is 188 Å². The van der Waals surface area contributed by atoms with Crippen LogP contribution in [0.3, 0.4) is 0 Å². The number of nitrogens with one attached hydrogen (secondary N) is 2. The van der Waals surface area contributed by atoms with E-state index in [1.165, 1.54) is 12.1 Å². The number of carbonyl (C=O) groups is 3. The van der Waals surface area contributed by atoms with Gasteiger partial charge in [-0.2, -0.15) is 0 Å². The van der Waals surface area contributed by atoms with Crippen molar-refractivity contribution >= 4 is 44.5 Å². The minimum Gasteiger partial charge on any atom is -0.454 e. The average Bonchev–Trinajstić information content (AvgIpc) is 3.16. The number of amides is 2. The zero-order valence-electron chi connectivity index (χ0n) is 17.2. The zero-order chi connectivity index (χ0) is 24.3. The fourth-order valence-corrected chi connectivity index (χ4v) is 3.64. The Kier molecular flexibility index (Phi) is 7.26. The van der Waals surface area contributed by atoms with Crippen molar-refractivity contribution in [1.82, 2.24) is 10.3 Å². The molecule has 0 aliphatic carbocycles. The highest BCUT2D eigenvalue weighted by molar-refractivity contribution is 7.22. The summed E-state index contributed by atoms with van der Waals surface area (Å²) in [5.74, 6) is -7.84. The zero-order valence-corrected chi connectivity index (χ0v) is 18.1. The molecule has 0 bridgehead atoms. The van der Waals surface area contributed by atoms with Crippen LogP contribution in [0.4, 0.5) is 22.7 Å². The first-order valence-corrected chi connectivity index (χ1v) is 10.4. The van der Waals surface area contributed by atoms with Gasteiger partial charge in [0.1, 0.15) is 17.4 Å². The lowest BCUT2D eigenvalue weighted by Crippen LogP contribution is -2.45. The third kappa shape index (κ3) is 5.64. The van der Waals surface area contributed by atoms with Crippen LogP contribution >= 0.6 is 11.3 Å². The molecule has 1 atom stereocenters. The van der Waals surface area contributed by atoms with E-state index in [0.717, 1.165) is 18.2 Å². The van der Waals surface area contributed by atoms with Gasteiger partial charge in [0, 0.05) is 5.56 Å². The lowest BCUT2D eigenvalue weighted by molar-refractivity contribution is -0.150. The number of esters is 1. The smallest absolute Gasteiger partial charge is 0.329 e. The van der Waals surface area contributed by atoms with Crippen LogP contribution in [0.25, 0.3) is 10.2 Å². The number of ether oxygens (including phenoxy) is 1. The maximum Gasteiger partial charge on any atom is 0.329 e. The summed E-state index contributed by atoms with van der Waals surface area (Å²) in [7, 11) is 0. The second kappa shape index (κ2) is 9.94. The van der Waals surface area contributed by atoms with Crippen molar-refractivity contribution < 1.29 is 36.7 Å². The SMILES string of the molecule is CC(C)[C@H](NC(=O)c1ccc(F)cc1)C(=O)OCC(=O)Nc1nc2c(F)c(F)c(F)cc2s1. The molecule has 0 aliphatic heterocycles. The standard InChI is InChI=1S/C21H17F4N3O4S/c1-9(2)17(27-19(30)10-3-5-11(22)6-4-10)20(31)32-8-14(29)26-21-28-18-13(33-21)7-12(23)15(24)16(18)25/h3-7,9,17H,8H2,1-2H3,(H,27,30)(H,26,28,29)/t17-/m0/s1. The highest BCUT2D eigenvalue weighted by Crippen LogP contribution is 2.30. The molecule has 3 rings (SSSR count). The molecule has 1 aromatic heterocycles. The van der Waals surface area contributed by atoms with Gasteiger partial charge in [-0.05, 0) is 36.2 Å². The number of carbonyl (C=O) groups excluding carboxylic acids is 3. The van der Waals surface area contributed by atoms with Gasteiger partial charge in [0.15, 0.2) is 29.2 Å². The molecule has 174 valence electrons. The van der Waals surface area contributed by atoms with Crippen LogP contribution in [-0.2, 0) is 14.3 Å². The lowest BCUT2D eigenvalue weighted by atomic mass is 10.0. The molecule has 3 aromatic rings. The van der Waals surface area contributed by atoms with Crippen LogP contribution in [0, 0.1) is 29.2 Å². The molecule has 0 spiro atoms. The Balaban J connectivity index is 1.60. The first kappa shape index (κ1) is 24.1. The van der Waals surface area contributed by atoms with Gasteiger partial charge in [0.2, 0.25) is 0 Å². The van der Waals surface area contributed by atoms with Crippen molar-refractivity contribution in [2.45, 2.75) is 19.9 Å². The predicted octanol–water partition coefficient (Wildman–Crippen LogP) is 3.79. The minimum atomic E-state index is -1.68. The summed E-state index contributed by atoms with van der Waals surface area (Å²) in [5.41, 5.74) is -0.321. The normalized spacial score (nSPS) is 12.0. The van der Waals surface area contributed by atoms with Crippen LogP contribution in [0.2, 0.25) is 0 Å². The van der Waals surface area contributed by atoms with E-state index >= 15 is 0 Å². The van der Waals surface area contributed by atoms with E-state index in [1.54, 1.807) is 13.8 Å². The van der Waals surface area contributed by atoms with Gasteiger partial charge < -0.3 is 10.1 Å². The summed E-state index contributed by atoms with van der Waals surface area (Å²) < 4.78 is 58.4. The highest BCUT2D eigenvalue weighted by Gasteiger charge is 2.27. The van der Waals surface area contributed by atoms with Crippen LogP contribution in [0.1, 0.15) is 24.2 Å². The van der Waals surface area contributed by atoms with Crippen molar-refractivity contribution in [2.75, 3.05) is 11.9 Å². The lowest BCUT2D eigenvalue weighted by Gasteiger charge is -2.20. The van der Waals surface area contributed by atoms with Gasteiger partial charge in [-0.15, -0.1) is 0 Å². The third-order valence-electron chi connectivity index (χ3n) is 4.43. The molecular formula is C21H17F4N3O4S. The van der Waals surface area contributed by atoms with E-state index in [2.05, 4.69) is 15.6 Å². The number of benzene rings is 2. The largest absolute Gasteiger partial charge is 0.454 e. The Bertz CT molecular complexity index is 1210. The summed E-state index contributed by atoms with van der Waals surface area (Å²) >= 11 is 0.701. The van der Waals surface area contributed by atoms with E-state index in [4.69, 9.17) is 4.74 Å². The van der Waals surface area contributed by atoms with Gasteiger partial charge in [-0.3, -0.25) is 14.9 Å². The Morgan fingerprint density at radius 3 is 2.36 bits per heavy atom. The first-order valence-electron chi connectivity index (χ1n) is 9.53. The van der Waals surface area contributed by atoms with Crippen LogP contribution in [0.5, 0.6) is 0 Å². The molecule has 0 radical (unpaired) electrons. The quantitative estimate of drug-likeness (QED) is 0.303. The Hall–Kier alpha value is -3.54. The van der Waals surface area contributed by atoms with Gasteiger partial charge in [0.25, 0.3) is 11.8 Å². The van der Waals surface area contributed by atoms with Crippen LogP contribution < -0.4 is 10.6 Å². The minimum absolute atomic E-state index is 0.0259. The van der Waals surface area contributed by atoms with Gasteiger partial charge in [0.05, 0.1) is 4.70 Å². The molecule has 2 N–H and O–H groups in total. The molecule has 0 unspecified atom stereocenters. The number of hydrogen-bond acceptors (Lipinski definition) is 6. The fraction of sp³-hybridized carbons (Fsp3) is 0.238. The van der Waals surface area contributed by atoms with E-state index in [9.17, 15) is 31.9 Å². The van der Waals surface area contributed by atoms with Gasteiger partial charge in [-0.1, -0.05) is 25.2 Å². The number of aromatic nitrogens is 1. The molecule has 0 fully saturated rings. The number of anilines is 1. The number of rotatable bonds is 7. The van der Waals surface area contributed by atoms with Crippen LogP contribution in [0.15, 0.2) is 30.3 Å². The topological polar surface area (TPSA) is 97.4 Å². The average molecular weight is 483 g/mol. The summed E-state index contributed by atoms with van der Waals surface area (Å²) in [4.78, 5) is 40.5.